The lowest BCUT2D eigenvalue weighted by Gasteiger charge is -2.54. The van der Waals surface area contributed by atoms with Gasteiger partial charge in [0.2, 0.25) is 0 Å². The lowest BCUT2D eigenvalue weighted by atomic mass is 9.51. The average molecular weight is 383 g/mol. The van der Waals surface area contributed by atoms with Gasteiger partial charge in [0, 0.05) is 0 Å². The number of carbonyl (C=O) groups excluding carboxylic acids is 1. The molecule has 4 rings (SSSR count). The summed E-state index contributed by atoms with van der Waals surface area (Å²) < 4.78 is 5.47. The van der Waals surface area contributed by atoms with Crippen molar-refractivity contribution >= 4 is 5.97 Å². The first-order valence-electron chi connectivity index (χ1n) is 11.6. The van der Waals surface area contributed by atoms with Gasteiger partial charge in [0.25, 0.3) is 0 Å². The van der Waals surface area contributed by atoms with Crippen molar-refractivity contribution in [2.45, 2.75) is 103 Å². The summed E-state index contributed by atoms with van der Waals surface area (Å²) in [5.74, 6) is 0.491. The standard InChI is InChI=1S/C26H38O2/c1-3-5-7-9-15-25-16-19-26(20-17-25,21-18-25)22-11-13-23(14-12-22)28-24(27)10-8-6-4-2/h6,8,11-14H,3-5,7,9-10,15-21H2,1-2H3. The van der Waals surface area contributed by atoms with E-state index in [9.17, 15) is 4.79 Å². The van der Waals surface area contributed by atoms with Crippen molar-refractivity contribution in [2.75, 3.05) is 0 Å². The maximum Gasteiger partial charge on any atom is 0.315 e. The Balaban J connectivity index is 1.54. The Hall–Kier alpha value is -1.57. The van der Waals surface area contributed by atoms with Gasteiger partial charge in [0.1, 0.15) is 5.75 Å². The normalized spacial score (nSPS) is 26.6. The second kappa shape index (κ2) is 9.76. The minimum absolute atomic E-state index is 0.182. The van der Waals surface area contributed by atoms with Crippen LogP contribution in [0.15, 0.2) is 36.4 Å². The third-order valence-electron chi connectivity index (χ3n) is 7.35. The highest BCUT2D eigenvalue weighted by molar-refractivity contribution is 5.73. The molecule has 3 aliphatic rings. The van der Waals surface area contributed by atoms with Crippen LogP contribution in [0.4, 0.5) is 0 Å². The second-order valence-corrected chi connectivity index (χ2v) is 9.17. The first kappa shape index (κ1) is 21.1. The highest BCUT2D eigenvalue weighted by atomic mass is 16.5. The maximum atomic E-state index is 11.9. The molecule has 0 aliphatic heterocycles. The molecule has 3 fully saturated rings. The number of carbonyl (C=O) groups is 1. The molecule has 0 radical (unpaired) electrons. The molecule has 0 amide bonds. The van der Waals surface area contributed by atoms with Crippen molar-refractivity contribution in [1.82, 2.24) is 0 Å². The summed E-state index contributed by atoms with van der Waals surface area (Å²) in [6, 6.07) is 8.41. The van der Waals surface area contributed by atoms with Crippen molar-refractivity contribution in [1.29, 1.82) is 0 Å². The number of fused-ring (bicyclic) bond motifs is 3. The van der Waals surface area contributed by atoms with E-state index >= 15 is 0 Å². The van der Waals surface area contributed by atoms with Crippen LogP contribution in [0.2, 0.25) is 0 Å². The summed E-state index contributed by atoms with van der Waals surface area (Å²) in [6.07, 6.45) is 20.4. The Morgan fingerprint density at radius 3 is 2.21 bits per heavy atom. The Bertz CT molecular complexity index is 631. The highest BCUT2D eigenvalue weighted by Gasteiger charge is 2.48. The molecule has 0 aromatic heterocycles. The van der Waals surface area contributed by atoms with Gasteiger partial charge in [-0.2, -0.15) is 0 Å². The fourth-order valence-corrected chi connectivity index (χ4v) is 5.39. The van der Waals surface area contributed by atoms with Crippen LogP contribution in [0.1, 0.15) is 103 Å². The number of unbranched alkanes of at least 4 members (excludes halogenated alkanes) is 3. The quantitative estimate of drug-likeness (QED) is 0.181. The van der Waals surface area contributed by atoms with E-state index in [0.29, 0.717) is 23.0 Å². The van der Waals surface area contributed by atoms with Crippen LogP contribution < -0.4 is 4.74 Å². The van der Waals surface area contributed by atoms with Crippen molar-refractivity contribution in [2.24, 2.45) is 5.41 Å². The minimum atomic E-state index is -0.182. The third-order valence-corrected chi connectivity index (χ3v) is 7.35. The summed E-state index contributed by atoms with van der Waals surface area (Å²) in [5.41, 5.74) is 2.48. The SMILES string of the molecule is CCC=CCC(=O)Oc1ccc(C23CCC(CCCCCC)(CC2)CC3)cc1. The molecule has 1 aromatic rings. The molecule has 28 heavy (non-hydrogen) atoms. The van der Waals surface area contributed by atoms with Gasteiger partial charge in [0.15, 0.2) is 0 Å². The van der Waals surface area contributed by atoms with Gasteiger partial charge >= 0.3 is 5.97 Å². The van der Waals surface area contributed by atoms with Crippen LogP contribution in [0, 0.1) is 5.41 Å². The van der Waals surface area contributed by atoms with E-state index < -0.39 is 0 Å². The molecule has 3 saturated carbocycles. The van der Waals surface area contributed by atoms with Crippen LogP contribution in [-0.2, 0) is 10.2 Å². The maximum absolute atomic E-state index is 11.9. The molecular weight excluding hydrogens is 344 g/mol. The van der Waals surface area contributed by atoms with Gasteiger partial charge in [0.05, 0.1) is 6.42 Å². The van der Waals surface area contributed by atoms with Crippen molar-refractivity contribution in [3.8, 4) is 5.75 Å². The zero-order valence-electron chi connectivity index (χ0n) is 18.0. The lowest BCUT2D eigenvalue weighted by Crippen LogP contribution is -2.44. The van der Waals surface area contributed by atoms with E-state index in [0.717, 1.165) is 6.42 Å². The minimum Gasteiger partial charge on any atom is -0.426 e. The van der Waals surface area contributed by atoms with E-state index in [2.05, 4.69) is 26.0 Å². The molecule has 2 heteroatoms. The largest absolute Gasteiger partial charge is 0.426 e. The topological polar surface area (TPSA) is 26.3 Å². The number of esters is 1. The Kier molecular flexibility index (Phi) is 7.37. The Morgan fingerprint density at radius 2 is 1.61 bits per heavy atom. The van der Waals surface area contributed by atoms with Crippen LogP contribution in [0.25, 0.3) is 0 Å². The predicted octanol–water partition coefficient (Wildman–Crippen LogP) is 7.51. The highest BCUT2D eigenvalue weighted by Crippen LogP contribution is 2.59. The smallest absolute Gasteiger partial charge is 0.315 e. The summed E-state index contributed by atoms with van der Waals surface area (Å²) in [4.78, 5) is 11.9. The molecule has 0 N–H and O–H groups in total. The van der Waals surface area contributed by atoms with Gasteiger partial charge in [-0.1, -0.05) is 63.8 Å². The third kappa shape index (κ3) is 5.07. The lowest BCUT2D eigenvalue weighted by molar-refractivity contribution is -0.133. The number of hydrogen-bond donors (Lipinski definition) is 0. The molecule has 2 bridgehead atoms. The van der Waals surface area contributed by atoms with E-state index in [4.69, 9.17) is 4.74 Å². The van der Waals surface area contributed by atoms with Gasteiger partial charge in [-0.05, 0) is 79.9 Å². The average Bonchev–Trinajstić information content (AvgIpc) is 2.73. The van der Waals surface area contributed by atoms with Crippen molar-refractivity contribution in [3.63, 3.8) is 0 Å². The fourth-order valence-electron chi connectivity index (χ4n) is 5.39. The summed E-state index contributed by atoms with van der Waals surface area (Å²) in [7, 11) is 0. The van der Waals surface area contributed by atoms with E-state index in [1.165, 1.54) is 76.2 Å². The van der Waals surface area contributed by atoms with Gasteiger partial charge in [-0.25, -0.2) is 0 Å². The van der Waals surface area contributed by atoms with Crippen molar-refractivity contribution < 1.29 is 9.53 Å². The number of rotatable bonds is 10. The van der Waals surface area contributed by atoms with Crippen LogP contribution >= 0.6 is 0 Å². The second-order valence-electron chi connectivity index (χ2n) is 9.17. The molecule has 1 aromatic carbocycles. The molecule has 0 atom stereocenters. The molecule has 0 spiro atoms. The van der Waals surface area contributed by atoms with E-state index in [1.54, 1.807) is 0 Å². The zero-order valence-corrected chi connectivity index (χ0v) is 18.0. The number of benzene rings is 1. The summed E-state index contributed by atoms with van der Waals surface area (Å²) >= 11 is 0. The van der Waals surface area contributed by atoms with Crippen LogP contribution in [0.5, 0.6) is 5.75 Å². The summed E-state index contributed by atoms with van der Waals surface area (Å²) in [6.45, 7) is 4.36. The molecule has 0 saturated heterocycles. The fraction of sp³-hybridized carbons (Fsp3) is 0.654. The number of ether oxygens (including phenoxy) is 1. The van der Waals surface area contributed by atoms with Gasteiger partial charge < -0.3 is 4.74 Å². The molecule has 154 valence electrons. The molecule has 0 heterocycles. The van der Waals surface area contributed by atoms with Crippen LogP contribution in [0.3, 0.4) is 0 Å². The van der Waals surface area contributed by atoms with Crippen molar-refractivity contribution in [3.05, 3.63) is 42.0 Å². The van der Waals surface area contributed by atoms with Gasteiger partial charge in [-0.15, -0.1) is 0 Å². The first-order chi connectivity index (χ1) is 13.6. The van der Waals surface area contributed by atoms with Gasteiger partial charge in [-0.3, -0.25) is 4.79 Å². The first-order valence-corrected chi connectivity index (χ1v) is 11.6. The predicted molar refractivity (Wildman–Crippen MR) is 117 cm³/mol. The Morgan fingerprint density at radius 1 is 0.929 bits per heavy atom. The van der Waals surface area contributed by atoms with E-state index in [-0.39, 0.29) is 5.97 Å². The number of allylic oxidation sites excluding steroid dienone is 1. The molecule has 0 unspecified atom stereocenters. The Labute approximate surface area is 171 Å². The number of hydrogen-bond acceptors (Lipinski definition) is 2. The summed E-state index contributed by atoms with van der Waals surface area (Å²) in [5, 5.41) is 0. The van der Waals surface area contributed by atoms with E-state index in [1.807, 2.05) is 24.3 Å². The zero-order chi connectivity index (χ0) is 19.9. The molecule has 3 aliphatic carbocycles. The van der Waals surface area contributed by atoms with Crippen LogP contribution in [-0.4, -0.2) is 5.97 Å². The molecule has 2 nitrogen and oxygen atoms in total. The molecular formula is C26H38O2. The monoisotopic (exact) mass is 382 g/mol.